The monoisotopic (exact) mass is 294 g/mol. The lowest BCUT2D eigenvalue weighted by molar-refractivity contribution is 0.104. The summed E-state index contributed by atoms with van der Waals surface area (Å²) in [5.41, 5.74) is -0.000713. The molecule has 2 nitrogen and oxygen atoms in total. The first-order valence-corrected chi connectivity index (χ1v) is 6.02. The van der Waals surface area contributed by atoms with Crippen molar-refractivity contribution in [1.82, 2.24) is 0 Å². The van der Waals surface area contributed by atoms with Crippen molar-refractivity contribution in [1.29, 1.82) is 0 Å². The van der Waals surface area contributed by atoms with E-state index in [2.05, 4.69) is 0 Å². The number of hydrogen-bond donors (Lipinski definition) is 1. The Labute approximate surface area is 118 Å². The van der Waals surface area contributed by atoms with Gasteiger partial charge in [-0.15, -0.1) is 0 Å². The lowest BCUT2D eigenvalue weighted by Gasteiger charge is -2.01. The lowest BCUT2D eigenvalue weighted by Crippen LogP contribution is -1.95. The number of halogens is 3. The summed E-state index contributed by atoms with van der Waals surface area (Å²) < 4.78 is 26.3. The first-order chi connectivity index (χ1) is 9.49. The Balaban J connectivity index is 2.30. The van der Waals surface area contributed by atoms with Crippen molar-refractivity contribution in [2.45, 2.75) is 0 Å². The van der Waals surface area contributed by atoms with Crippen LogP contribution in [0, 0.1) is 11.6 Å². The van der Waals surface area contributed by atoms with Crippen molar-refractivity contribution in [3.8, 4) is 5.75 Å². The Hall–Kier alpha value is -2.20. The molecule has 2 aromatic rings. The van der Waals surface area contributed by atoms with Crippen LogP contribution in [0.4, 0.5) is 8.78 Å². The minimum atomic E-state index is -0.653. The summed E-state index contributed by atoms with van der Waals surface area (Å²) in [5.74, 6) is -2.27. The second kappa shape index (κ2) is 5.84. The molecule has 20 heavy (non-hydrogen) atoms. The fourth-order valence-corrected chi connectivity index (χ4v) is 1.86. The third kappa shape index (κ3) is 3.03. The minimum Gasteiger partial charge on any atom is -0.507 e. The predicted octanol–water partition coefficient (Wildman–Crippen LogP) is 4.22. The molecule has 0 aliphatic heterocycles. The molecule has 0 heterocycles. The molecule has 2 rings (SSSR count). The van der Waals surface area contributed by atoms with Gasteiger partial charge in [0.1, 0.15) is 17.4 Å². The van der Waals surface area contributed by atoms with Crippen LogP contribution < -0.4 is 0 Å². The molecule has 0 aromatic heterocycles. The average molecular weight is 295 g/mol. The van der Waals surface area contributed by atoms with Gasteiger partial charge in [0.2, 0.25) is 0 Å². The highest BCUT2D eigenvalue weighted by Crippen LogP contribution is 2.22. The van der Waals surface area contributed by atoms with Crippen molar-refractivity contribution in [2.24, 2.45) is 0 Å². The molecule has 0 fully saturated rings. The molecule has 0 unspecified atom stereocenters. The quantitative estimate of drug-likeness (QED) is 0.680. The molecule has 0 spiro atoms. The topological polar surface area (TPSA) is 37.3 Å². The molecule has 0 aliphatic carbocycles. The van der Waals surface area contributed by atoms with E-state index >= 15 is 0 Å². The van der Waals surface area contributed by atoms with Gasteiger partial charge in [-0.2, -0.15) is 0 Å². The zero-order valence-electron chi connectivity index (χ0n) is 10.1. The molecule has 1 N–H and O–H groups in total. The number of carbonyl (C=O) groups is 1. The zero-order valence-corrected chi connectivity index (χ0v) is 10.9. The van der Waals surface area contributed by atoms with E-state index in [0.717, 1.165) is 24.3 Å². The first kappa shape index (κ1) is 14.2. The van der Waals surface area contributed by atoms with E-state index in [9.17, 15) is 18.7 Å². The summed E-state index contributed by atoms with van der Waals surface area (Å²) in [6.07, 6.45) is 2.28. The van der Waals surface area contributed by atoms with E-state index in [0.29, 0.717) is 0 Å². The van der Waals surface area contributed by atoms with Gasteiger partial charge in [0.15, 0.2) is 5.78 Å². The molecule has 102 valence electrons. The van der Waals surface area contributed by atoms with Crippen LogP contribution in [0.2, 0.25) is 5.02 Å². The summed E-state index contributed by atoms with van der Waals surface area (Å²) in [6, 6.07) is 7.19. The summed E-state index contributed by atoms with van der Waals surface area (Å²) in [7, 11) is 0. The second-order valence-electron chi connectivity index (χ2n) is 3.99. The van der Waals surface area contributed by atoms with Crippen LogP contribution in [0.25, 0.3) is 6.08 Å². The van der Waals surface area contributed by atoms with Crippen molar-refractivity contribution in [3.63, 3.8) is 0 Å². The smallest absolute Gasteiger partial charge is 0.189 e. The predicted molar refractivity (Wildman–Crippen MR) is 72.8 cm³/mol. The van der Waals surface area contributed by atoms with Crippen LogP contribution in [0.15, 0.2) is 42.5 Å². The lowest BCUT2D eigenvalue weighted by atomic mass is 10.1. The maximum Gasteiger partial charge on any atom is 0.189 e. The third-order valence-corrected chi connectivity index (χ3v) is 2.96. The Morgan fingerprint density at radius 2 is 1.95 bits per heavy atom. The highest BCUT2D eigenvalue weighted by atomic mass is 35.5. The van der Waals surface area contributed by atoms with E-state index in [1.54, 1.807) is 0 Å². The van der Waals surface area contributed by atoms with Gasteiger partial charge in [-0.05, 0) is 36.4 Å². The van der Waals surface area contributed by atoms with Crippen LogP contribution >= 0.6 is 11.6 Å². The third-order valence-electron chi connectivity index (χ3n) is 2.63. The number of phenols is 1. The van der Waals surface area contributed by atoms with Gasteiger partial charge < -0.3 is 5.11 Å². The van der Waals surface area contributed by atoms with Crippen LogP contribution in [0.5, 0.6) is 5.75 Å². The van der Waals surface area contributed by atoms with Gasteiger partial charge in [-0.3, -0.25) is 4.79 Å². The van der Waals surface area contributed by atoms with Crippen molar-refractivity contribution < 1.29 is 18.7 Å². The molecule has 0 bridgehead atoms. The Bertz CT molecular complexity index is 676. The van der Waals surface area contributed by atoms with Gasteiger partial charge >= 0.3 is 0 Å². The fraction of sp³-hybridized carbons (Fsp3) is 0. The van der Waals surface area contributed by atoms with E-state index in [-0.39, 0.29) is 16.1 Å². The van der Waals surface area contributed by atoms with Crippen LogP contribution in [0.1, 0.15) is 15.9 Å². The molecule has 0 radical (unpaired) electrons. The normalized spacial score (nSPS) is 10.9. The largest absolute Gasteiger partial charge is 0.507 e. The molecule has 5 heteroatoms. The summed E-state index contributed by atoms with van der Waals surface area (Å²) in [5, 5.41) is 9.64. The van der Waals surface area contributed by atoms with Crippen molar-refractivity contribution in [2.75, 3.05) is 0 Å². The standard InChI is InChI=1S/C15H9ClF2O2/c16-12-2-1-3-13(18)10(12)6-7-14(19)11-5-4-9(17)8-15(11)20/h1-8,20H/b7-6+. The van der Waals surface area contributed by atoms with Crippen molar-refractivity contribution in [3.05, 3.63) is 70.3 Å². The van der Waals surface area contributed by atoms with Crippen molar-refractivity contribution >= 4 is 23.5 Å². The number of phenolic OH excluding ortho intramolecular Hbond substituents is 1. The summed E-state index contributed by atoms with van der Waals surface area (Å²) in [4.78, 5) is 11.8. The van der Waals surface area contributed by atoms with E-state index < -0.39 is 23.2 Å². The number of aromatic hydroxyl groups is 1. The number of ketones is 1. The summed E-state index contributed by atoms with van der Waals surface area (Å²) in [6.45, 7) is 0. The van der Waals surface area contributed by atoms with E-state index in [1.165, 1.54) is 24.3 Å². The molecule has 0 saturated carbocycles. The number of benzene rings is 2. The number of rotatable bonds is 3. The number of allylic oxidation sites excluding steroid dienone is 1. The number of carbonyl (C=O) groups excluding carboxylic acids is 1. The van der Waals surface area contributed by atoms with Crippen LogP contribution in [-0.4, -0.2) is 10.9 Å². The van der Waals surface area contributed by atoms with Crippen LogP contribution in [0.3, 0.4) is 0 Å². The Morgan fingerprint density at radius 1 is 1.20 bits per heavy atom. The first-order valence-electron chi connectivity index (χ1n) is 5.64. The fourth-order valence-electron chi connectivity index (χ4n) is 1.63. The van der Waals surface area contributed by atoms with Gasteiger partial charge in [-0.25, -0.2) is 8.78 Å². The summed E-state index contributed by atoms with van der Waals surface area (Å²) >= 11 is 5.81. The highest BCUT2D eigenvalue weighted by molar-refractivity contribution is 6.32. The molecule has 0 amide bonds. The minimum absolute atomic E-state index is 0.0733. The number of hydrogen-bond acceptors (Lipinski definition) is 2. The van der Waals surface area contributed by atoms with Crippen LogP contribution in [-0.2, 0) is 0 Å². The molecule has 0 atom stereocenters. The Kier molecular flexibility index (Phi) is 4.15. The highest BCUT2D eigenvalue weighted by Gasteiger charge is 2.10. The van der Waals surface area contributed by atoms with E-state index in [4.69, 9.17) is 11.6 Å². The Morgan fingerprint density at radius 3 is 2.60 bits per heavy atom. The zero-order chi connectivity index (χ0) is 14.7. The second-order valence-corrected chi connectivity index (χ2v) is 4.40. The van der Waals surface area contributed by atoms with Gasteiger partial charge in [0.05, 0.1) is 10.6 Å². The SMILES string of the molecule is O=C(/C=C/c1c(F)cccc1Cl)c1ccc(F)cc1O. The molecule has 0 saturated heterocycles. The van der Waals surface area contributed by atoms with Gasteiger partial charge in [-0.1, -0.05) is 17.7 Å². The molecule has 2 aromatic carbocycles. The van der Waals surface area contributed by atoms with Gasteiger partial charge in [0.25, 0.3) is 0 Å². The maximum absolute atomic E-state index is 13.5. The average Bonchev–Trinajstić information content (AvgIpc) is 2.37. The molecule has 0 aliphatic rings. The molecular formula is C15H9ClF2O2. The van der Waals surface area contributed by atoms with E-state index in [1.807, 2.05) is 0 Å². The molecular weight excluding hydrogens is 286 g/mol. The van der Waals surface area contributed by atoms with Gasteiger partial charge in [0, 0.05) is 11.6 Å². The maximum atomic E-state index is 13.5.